The van der Waals surface area contributed by atoms with Gasteiger partial charge in [0, 0.05) is 5.92 Å². The lowest BCUT2D eigenvalue weighted by atomic mass is 9.59. The van der Waals surface area contributed by atoms with Gasteiger partial charge in [-0.1, -0.05) is 41.5 Å². The lowest BCUT2D eigenvalue weighted by Gasteiger charge is -2.50. The number of aliphatic hydroxyl groups excluding tert-OH is 2. The van der Waals surface area contributed by atoms with Crippen molar-refractivity contribution in [2.24, 2.45) is 34.5 Å². The number of hydrogen-bond donors (Lipinski definition) is 2. The van der Waals surface area contributed by atoms with E-state index < -0.39 is 0 Å². The minimum atomic E-state index is -0.309. The summed E-state index contributed by atoms with van der Waals surface area (Å²) in [5.74, 6) is 1.38. The molecule has 4 atom stereocenters. The summed E-state index contributed by atoms with van der Waals surface area (Å²) in [6.45, 7) is 13.5. The quantitative estimate of drug-likeness (QED) is 0.780. The van der Waals surface area contributed by atoms with Gasteiger partial charge < -0.3 is 10.2 Å². The minimum Gasteiger partial charge on any atom is -0.392 e. The number of hydrogen-bond acceptors (Lipinski definition) is 2. The molecule has 0 aromatic rings. The standard InChI is InChI=1S/C20H38O2/c1-19(2,3)11-14-9-7-13-8-10-15(12-20(4,5)6)18(22)16(13)17(14)21/h13-18,21-22H,7-12H2,1-6H3/t13?,14-,15-,16?,17?,18?/m1/s1. The van der Waals surface area contributed by atoms with Gasteiger partial charge in [0.1, 0.15) is 0 Å². The van der Waals surface area contributed by atoms with E-state index in [2.05, 4.69) is 41.5 Å². The van der Waals surface area contributed by atoms with Gasteiger partial charge in [-0.15, -0.1) is 0 Å². The first-order chi connectivity index (χ1) is 9.98. The molecule has 2 fully saturated rings. The Labute approximate surface area is 137 Å². The summed E-state index contributed by atoms with van der Waals surface area (Å²) in [5, 5.41) is 21.9. The Morgan fingerprint density at radius 3 is 1.36 bits per heavy atom. The molecule has 0 spiro atoms. The fourth-order valence-corrected chi connectivity index (χ4v) is 5.13. The van der Waals surface area contributed by atoms with Crippen LogP contribution in [0.3, 0.4) is 0 Å². The second-order valence-corrected chi connectivity index (χ2v) is 10.5. The van der Waals surface area contributed by atoms with Gasteiger partial charge in [0.15, 0.2) is 0 Å². The summed E-state index contributed by atoms with van der Waals surface area (Å²) < 4.78 is 0. The van der Waals surface area contributed by atoms with Crippen LogP contribution in [0.15, 0.2) is 0 Å². The fraction of sp³-hybridized carbons (Fsp3) is 1.00. The van der Waals surface area contributed by atoms with E-state index in [-0.39, 0.29) is 29.0 Å². The molecule has 130 valence electrons. The maximum atomic E-state index is 11.0. The molecule has 2 rings (SSSR count). The molecule has 2 heteroatoms. The highest BCUT2D eigenvalue weighted by Crippen LogP contribution is 2.49. The lowest BCUT2D eigenvalue weighted by Crippen LogP contribution is -2.51. The second-order valence-electron chi connectivity index (χ2n) is 10.5. The zero-order chi connectivity index (χ0) is 16.7. The number of aliphatic hydroxyl groups is 2. The number of fused-ring (bicyclic) bond motifs is 1. The molecule has 0 aliphatic heterocycles. The van der Waals surface area contributed by atoms with E-state index in [1.54, 1.807) is 0 Å². The monoisotopic (exact) mass is 310 g/mol. The smallest absolute Gasteiger partial charge is 0.0624 e. The molecule has 2 N–H and O–H groups in total. The molecule has 2 saturated carbocycles. The molecule has 2 aliphatic carbocycles. The summed E-state index contributed by atoms with van der Waals surface area (Å²) in [4.78, 5) is 0. The van der Waals surface area contributed by atoms with Gasteiger partial charge in [-0.3, -0.25) is 0 Å². The lowest BCUT2D eigenvalue weighted by molar-refractivity contribution is -0.125. The molecular weight excluding hydrogens is 272 g/mol. The van der Waals surface area contributed by atoms with Crippen molar-refractivity contribution in [1.82, 2.24) is 0 Å². The van der Waals surface area contributed by atoms with Gasteiger partial charge in [0.2, 0.25) is 0 Å². The highest BCUT2D eigenvalue weighted by Gasteiger charge is 2.48. The first-order valence-electron chi connectivity index (χ1n) is 9.34. The van der Waals surface area contributed by atoms with Crippen LogP contribution in [0.5, 0.6) is 0 Å². The van der Waals surface area contributed by atoms with Crippen LogP contribution >= 0.6 is 0 Å². The normalized spacial score (nSPS) is 40.4. The molecule has 2 nitrogen and oxygen atoms in total. The van der Waals surface area contributed by atoms with Gasteiger partial charge in [-0.05, 0) is 67.1 Å². The largest absolute Gasteiger partial charge is 0.392 e. The Morgan fingerprint density at radius 2 is 1.05 bits per heavy atom. The van der Waals surface area contributed by atoms with Crippen LogP contribution in [0.1, 0.15) is 80.1 Å². The summed E-state index contributed by atoms with van der Waals surface area (Å²) in [7, 11) is 0. The fourth-order valence-electron chi connectivity index (χ4n) is 5.13. The summed E-state index contributed by atoms with van der Waals surface area (Å²) >= 11 is 0. The van der Waals surface area contributed by atoms with Crippen molar-refractivity contribution in [2.75, 3.05) is 0 Å². The zero-order valence-electron chi connectivity index (χ0n) is 15.6. The SMILES string of the molecule is CC(C)(C)C[C@H]1CCC2CC[C@H](CC(C)(C)C)C(O)C2C1O. The highest BCUT2D eigenvalue weighted by molar-refractivity contribution is 4.97. The van der Waals surface area contributed by atoms with E-state index in [0.29, 0.717) is 17.8 Å². The van der Waals surface area contributed by atoms with Gasteiger partial charge in [0.25, 0.3) is 0 Å². The molecule has 0 radical (unpaired) electrons. The Morgan fingerprint density at radius 1 is 0.682 bits per heavy atom. The maximum absolute atomic E-state index is 11.0. The predicted molar refractivity (Wildman–Crippen MR) is 92.6 cm³/mol. The van der Waals surface area contributed by atoms with Crippen molar-refractivity contribution in [3.8, 4) is 0 Å². The summed E-state index contributed by atoms with van der Waals surface area (Å²) in [5.41, 5.74) is 0.506. The van der Waals surface area contributed by atoms with E-state index in [0.717, 1.165) is 25.7 Å². The molecule has 22 heavy (non-hydrogen) atoms. The van der Waals surface area contributed by atoms with E-state index >= 15 is 0 Å². The second kappa shape index (κ2) is 6.43. The van der Waals surface area contributed by atoms with E-state index in [4.69, 9.17) is 0 Å². The topological polar surface area (TPSA) is 40.5 Å². The van der Waals surface area contributed by atoms with E-state index in [1.807, 2.05) is 0 Å². The highest BCUT2D eigenvalue weighted by atomic mass is 16.3. The minimum absolute atomic E-state index is 0.113. The van der Waals surface area contributed by atoms with Crippen LogP contribution in [0.4, 0.5) is 0 Å². The average molecular weight is 311 g/mol. The van der Waals surface area contributed by atoms with Gasteiger partial charge in [-0.25, -0.2) is 0 Å². The molecule has 0 heterocycles. The van der Waals surface area contributed by atoms with Crippen LogP contribution in [0.25, 0.3) is 0 Å². The van der Waals surface area contributed by atoms with Crippen LogP contribution < -0.4 is 0 Å². The Balaban J connectivity index is 2.08. The first-order valence-corrected chi connectivity index (χ1v) is 9.34. The van der Waals surface area contributed by atoms with Crippen LogP contribution in [0, 0.1) is 34.5 Å². The Hall–Kier alpha value is -0.0800. The Bertz CT molecular complexity index is 329. The van der Waals surface area contributed by atoms with Crippen LogP contribution in [0.2, 0.25) is 0 Å². The molecule has 0 aromatic heterocycles. The third-order valence-corrected chi connectivity index (χ3v) is 5.86. The van der Waals surface area contributed by atoms with Crippen molar-refractivity contribution in [3.05, 3.63) is 0 Å². The third kappa shape index (κ3) is 4.47. The average Bonchev–Trinajstić information content (AvgIpc) is 2.33. The third-order valence-electron chi connectivity index (χ3n) is 5.86. The first kappa shape index (κ1) is 18.3. The van der Waals surface area contributed by atoms with Crippen molar-refractivity contribution in [1.29, 1.82) is 0 Å². The van der Waals surface area contributed by atoms with E-state index in [9.17, 15) is 10.2 Å². The van der Waals surface area contributed by atoms with Crippen molar-refractivity contribution in [3.63, 3.8) is 0 Å². The molecule has 2 unspecified atom stereocenters. The van der Waals surface area contributed by atoms with Gasteiger partial charge >= 0.3 is 0 Å². The number of rotatable bonds is 2. The van der Waals surface area contributed by atoms with Crippen LogP contribution in [-0.4, -0.2) is 22.4 Å². The van der Waals surface area contributed by atoms with E-state index in [1.165, 1.54) is 12.8 Å². The van der Waals surface area contributed by atoms with Crippen LogP contribution in [-0.2, 0) is 0 Å². The summed E-state index contributed by atoms with van der Waals surface area (Å²) in [6.07, 6.45) is 6.17. The predicted octanol–water partition coefficient (Wildman–Crippen LogP) is 4.63. The van der Waals surface area contributed by atoms with Gasteiger partial charge in [0.05, 0.1) is 12.2 Å². The zero-order valence-corrected chi connectivity index (χ0v) is 15.6. The molecular formula is C20H38O2. The molecule has 0 aromatic carbocycles. The van der Waals surface area contributed by atoms with Crippen molar-refractivity contribution in [2.45, 2.75) is 92.3 Å². The van der Waals surface area contributed by atoms with Crippen molar-refractivity contribution < 1.29 is 10.2 Å². The van der Waals surface area contributed by atoms with Gasteiger partial charge in [-0.2, -0.15) is 0 Å². The molecule has 2 aliphatic rings. The molecule has 0 saturated heterocycles. The summed E-state index contributed by atoms with van der Waals surface area (Å²) in [6, 6.07) is 0. The molecule has 0 bridgehead atoms. The maximum Gasteiger partial charge on any atom is 0.0624 e. The Kier molecular flexibility index (Phi) is 5.34. The molecule has 0 amide bonds. The van der Waals surface area contributed by atoms with Crippen molar-refractivity contribution >= 4 is 0 Å².